The first-order chi connectivity index (χ1) is 10.2. The lowest BCUT2D eigenvalue weighted by Crippen LogP contribution is -2.40. The van der Waals surface area contributed by atoms with Gasteiger partial charge in [-0.25, -0.2) is 0 Å². The van der Waals surface area contributed by atoms with E-state index in [-0.39, 0.29) is 5.41 Å². The molecular weight excluding hydrogens is 260 g/mol. The highest BCUT2D eigenvalue weighted by atomic mass is 16.3. The van der Waals surface area contributed by atoms with Gasteiger partial charge in [0.05, 0.1) is 17.7 Å². The summed E-state index contributed by atoms with van der Waals surface area (Å²) >= 11 is 0. The SMILES string of the molecule is C[C@]1(C#N)CCCN(Cc2ccc(-c3ccco3)cc2)C1. The van der Waals surface area contributed by atoms with Crippen molar-refractivity contribution in [1.29, 1.82) is 5.26 Å². The predicted molar refractivity (Wildman–Crippen MR) is 82.4 cm³/mol. The van der Waals surface area contributed by atoms with Crippen molar-refractivity contribution in [3.05, 3.63) is 48.2 Å². The second-order valence-electron chi connectivity index (χ2n) is 6.16. The molecule has 1 fully saturated rings. The Hall–Kier alpha value is -2.05. The normalized spacial score (nSPS) is 22.9. The molecule has 0 unspecified atom stereocenters. The van der Waals surface area contributed by atoms with Crippen molar-refractivity contribution >= 4 is 0 Å². The Morgan fingerprint density at radius 1 is 1.29 bits per heavy atom. The molecule has 0 N–H and O–H groups in total. The molecule has 1 atom stereocenters. The number of hydrogen-bond acceptors (Lipinski definition) is 3. The molecule has 21 heavy (non-hydrogen) atoms. The molecule has 0 saturated carbocycles. The smallest absolute Gasteiger partial charge is 0.133 e. The van der Waals surface area contributed by atoms with Crippen molar-refractivity contribution in [2.45, 2.75) is 26.3 Å². The zero-order valence-electron chi connectivity index (χ0n) is 12.4. The van der Waals surface area contributed by atoms with E-state index < -0.39 is 0 Å². The Kier molecular flexibility index (Phi) is 3.81. The first-order valence-electron chi connectivity index (χ1n) is 7.45. The van der Waals surface area contributed by atoms with E-state index in [1.54, 1.807) is 6.26 Å². The lowest BCUT2D eigenvalue weighted by Gasteiger charge is -2.35. The summed E-state index contributed by atoms with van der Waals surface area (Å²) < 4.78 is 5.40. The van der Waals surface area contributed by atoms with E-state index in [0.717, 1.165) is 43.8 Å². The van der Waals surface area contributed by atoms with Crippen LogP contribution < -0.4 is 0 Å². The first kappa shape index (κ1) is 13.9. The van der Waals surface area contributed by atoms with Gasteiger partial charge in [0.15, 0.2) is 0 Å². The van der Waals surface area contributed by atoms with Gasteiger partial charge in [0, 0.05) is 18.7 Å². The zero-order chi connectivity index (χ0) is 14.7. The molecule has 1 aromatic carbocycles. The van der Waals surface area contributed by atoms with Crippen LogP contribution in [0.3, 0.4) is 0 Å². The van der Waals surface area contributed by atoms with Gasteiger partial charge in [0.1, 0.15) is 5.76 Å². The van der Waals surface area contributed by atoms with E-state index in [1.165, 1.54) is 5.56 Å². The van der Waals surface area contributed by atoms with E-state index in [0.29, 0.717) is 0 Å². The molecule has 0 aliphatic carbocycles. The number of furan rings is 1. The molecular formula is C18H20N2O. The summed E-state index contributed by atoms with van der Waals surface area (Å²) in [6, 6.07) is 14.8. The first-order valence-corrected chi connectivity index (χ1v) is 7.45. The Balaban J connectivity index is 1.67. The summed E-state index contributed by atoms with van der Waals surface area (Å²) in [5, 5.41) is 9.29. The van der Waals surface area contributed by atoms with Crippen LogP contribution >= 0.6 is 0 Å². The molecule has 3 heteroatoms. The van der Waals surface area contributed by atoms with Gasteiger partial charge >= 0.3 is 0 Å². The zero-order valence-corrected chi connectivity index (χ0v) is 12.4. The highest BCUT2D eigenvalue weighted by Crippen LogP contribution is 2.29. The van der Waals surface area contributed by atoms with Crippen LogP contribution in [0.15, 0.2) is 47.1 Å². The Labute approximate surface area is 125 Å². The summed E-state index contributed by atoms with van der Waals surface area (Å²) in [5.41, 5.74) is 2.20. The second-order valence-corrected chi connectivity index (χ2v) is 6.16. The predicted octanol–water partition coefficient (Wildman–Crippen LogP) is 4.07. The van der Waals surface area contributed by atoms with Crippen LogP contribution in [0.25, 0.3) is 11.3 Å². The average Bonchev–Trinajstić information content (AvgIpc) is 3.02. The van der Waals surface area contributed by atoms with Crippen LogP contribution in [0.4, 0.5) is 0 Å². The number of likely N-dealkylation sites (tertiary alicyclic amines) is 1. The Morgan fingerprint density at radius 2 is 2.10 bits per heavy atom. The molecule has 1 aliphatic heterocycles. The molecule has 0 spiro atoms. The molecule has 0 bridgehead atoms. The summed E-state index contributed by atoms with van der Waals surface area (Å²) in [4.78, 5) is 2.38. The monoisotopic (exact) mass is 280 g/mol. The number of nitriles is 1. The fourth-order valence-corrected chi connectivity index (χ4v) is 3.05. The van der Waals surface area contributed by atoms with E-state index in [1.807, 2.05) is 12.1 Å². The van der Waals surface area contributed by atoms with E-state index in [4.69, 9.17) is 4.42 Å². The summed E-state index contributed by atoms with van der Waals surface area (Å²) in [7, 11) is 0. The van der Waals surface area contributed by atoms with Crippen molar-refractivity contribution < 1.29 is 4.42 Å². The molecule has 0 amide bonds. The minimum absolute atomic E-state index is 0.188. The van der Waals surface area contributed by atoms with E-state index in [2.05, 4.69) is 42.2 Å². The molecule has 3 rings (SSSR count). The maximum absolute atomic E-state index is 9.29. The van der Waals surface area contributed by atoms with Crippen molar-refractivity contribution in [3.8, 4) is 17.4 Å². The minimum atomic E-state index is -0.188. The highest BCUT2D eigenvalue weighted by molar-refractivity contribution is 5.57. The third kappa shape index (κ3) is 3.17. The average molecular weight is 280 g/mol. The second kappa shape index (κ2) is 5.75. The van der Waals surface area contributed by atoms with Crippen LogP contribution in [0.5, 0.6) is 0 Å². The maximum Gasteiger partial charge on any atom is 0.133 e. The lowest BCUT2D eigenvalue weighted by atomic mass is 9.83. The minimum Gasteiger partial charge on any atom is -0.464 e. The van der Waals surface area contributed by atoms with Crippen molar-refractivity contribution in [2.75, 3.05) is 13.1 Å². The van der Waals surface area contributed by atoms with Crippen molar-refractivity contribution in [3.63, 3.8) is 0 Å². The third-order valence-corrected chi connectivity index (χ3v) is 4.21. The van der Waals surface area contributed by atoms with E-state index in [9.17, 15) is 5.26 Å². The van der Waals surface area contributed by atoms with Gasteiger partial charge < -0.3 is 4.42 Å². The standard InChI is InChI=1S/C18H20N2O/c1-18(13-19)9-3-10-20(14-18)12-15-5-7-16(8-6-15)17-4-2-11-21-17/h2,4-8,11H,3,9-10,12,14H2,1H3/t18-/m1/s1. The molecule has 2 aromatic rings. The van der Waals surface area contributed by atoms with E-state index >= 15 is 0 Å². The van der Waals surface area contributed by atoms with Crippen LogP contribution in [0.2, 0.25) is 0 Å². The number of rotatable bonds is 3. The molecule has 1 aromatic heterocycles. The van der Waals surface area contributed by atoms with Gasteiger partial charge in [-0.15, -0.1) is 0 Å². The summed E-state index contributed by atoms with van der Waals surface area (Å²) in [5.74, 6) is 0.900. The lowest BCUT2D eigenvalue weighted by molar-refractivity contribution is 0.137. The highest BCUT2D eigenvalue weighted by Gasteiger charge is 2.30. The number of hydrogen-bond donors (Lipinski definition) is 0. The molecule has 0 radical (unpaired) electrons. The molecule has 3 nitrogen and oxygen atoms in total. The van der Waals surface area contributed by atoms with Crippen molar-refractivity contribution in [2.24, 2.45) is 5.41 Å². The maximum atomic E-state index is 9.29. The molecule has 108 valence electrons. The fraction of sp³-hybridized carbons (Fsp3) is 0.389. The van der Waals surface area contributed by atoms with Crippen molar-refractivity contribution in [1.82, 2.24) is 4.90 Å². The van der Waals surface area contributed by atoms with Gasteiger partial charge in [0.2, 0.25) is 0 Å². The Bertz CT molecular complexity index is 624. The topological polar surface area (TPSA) is 40.2 Å². The van der Waals surface area contributed by atoms with Gasteiger partial charge in [-0.1, -0.05) is 24.3 Å². The van der Waals surface area contributed by atoms with Crippen LogP contribution in [-0.4, -0.2) is 18.0 Å². The van der Waals surface area contributed by atoms with Gasteiger partial charge in [-0.05, 0) is 44.0 Å². The third-order valence-electron chi connectivity index (χ3n) is 4.21. The largest absolute Gasteiger partial charge is 0.464 e. The number of piperidine rings is 1. The van der Waals surface area contributed by atoms with Gasteiger partial charge in [-0.3, -0.25) is 4.90 Å². The summed E-state index contributed by atoms with van der Waals surface area (Å²) in [6.07, 6.45) is 3.81. The van der Waals surface area contributed by atoms with Crippen LogP contribution in [-0.2, 0) is 6.54 Å². The van der Waals surface area contributed by atoms with Crippen LogP contribution in [0, 0.1) is 16.7 Å². The van der Waals surface area contributed by atoms with Crippen LogP contribution in [0.1, 0.15) is 25.3 Å². The number of benzene rings is 1. The number of nitrogens with zero attached hydrogens (tertiary/aromatic N) is 2. The van der Waals surface area contributed by atoms with Gasteiger partial charge in [-0.2, -0.15) is 5.26 Å². The Morgan fingerprint density at radius 3 is 2.76 bits per heavy atom. The molecule has 1 aliphatic rings. The fourth-order valence-electron chi connectivity index (χ4n) is 3.05. The summed E-state index contributed by atoms with van der Waals surface area (Å²) in [6.45, 7) is 4.93. The molecule has 2 heterocycles. The quantitative estimate of drug-likeness (QED) is 0.850. The molecule has 1 saturated heterocycles. The van der Waals surface area contributed by atoms with Gasteiger partial charge in [0.25, 0.3) is 0 Å².